The number of nitrogens with two attached hydrogens (primary N) is 1. The predicted molar refractivity (Wildman–Crippen MR) is 90.4 cm³/mol. The number of hydrogen-bond donors (Lipinski definition) is 2. The number of ether oxygens (including phenoxy) is 1. The van der Waals surface area contributed by atoms with Gasteiger partial charge in [-0.25, -0.2) is 0 Å². The van der Waals surface area contributed by atoms with Crippen molar-refractivity contribution < 1.29 is 9.53 Å². The number of nitrogen functional groups attached to an aromatic ring is 1. The second-order valence-corrected chi connectivity index (χ2v) is 5.46. The Morgan fingerprint density at radius 2 is 2.09 bits per heavy atom. The number of amides is 1. The van der Waals surface area contributed by atoms with Crippen molar-refractivity contribution in [1.29, 1.82) is 0 Å². The van der Waals surface area contributed by atoms with Gasteiger partial charge in [-0.15, -0.1) is 0 Å². The summed E-state index contributed by atoms with van der Waals surface area (Å²) in [6, 6.07) is 12.6. The highest BCUT2D eigenvalue weighted by molar-refractivity contribution is 6.33. The van der Waals surface area contributed by atoms with Gasteiger partial charge >= 0.3 is 0 Å². The zero-order valence-corrected chi connectivity index (χ0v) is 13.4. The fourth-order valence-electron chi connectivity index (χ4n) is 2.02. The van der Waals surface area contributed by atoms with E-state index in [1.807, 2.05) is 38.1 Å². The molecule has 0 spiro atoms. The molecule has 0 aliphatic rings. The summed E-state index contributed by atoms with van der Waals surface area (Å²) < 4.78 is 5.76. The summed E-state index contributed by atoms with van der Waals surface area (Å²) in [5, 5.41) is 3.25. The minimum absolute atomic E-state index is 0.217. The zero-order chi connectivity index (χ0) is 16.1. The first-order valence-electron chi connectivity index (χ1n) is 7.09. The number of nitrogens with one attached hydrogen (secondary N) is 1. The molecule has 2 aromatic rings. The second-order valence-electron chi connectivity index (χ2n) is 5.06. The molecule has 0 saturated carbocycles. The summed E-state index contributed by atoms with van der Waals surface area (Å²) in [7, 11) is 0. The molecule has 0 radical (unpaired) electrons. The Morgan fingerprint density at radius 1 is 1.32 bits per heavy atom. The van der Waals surface area contributed by atoms with E-state index in [4.69, 9.17) is 22.1 Å². The van der Waals surface area contributed by atoms with Crippen molar-refractivity contribution in [3.63, 3.8) is 0 Å². The van der Waals surface area contributed by atoms with Gasteiger partial charge in [-0.05, 0) is 49.2 Å². The van der Waals surface area contributed by atoms with Crippen molar-refractivity contribution in [3.05, 3.63) is 53.1 Å². The largest absolute Gasteiger partial charge is 0.481 e. The third-order valence-electron chi connectivity index (χ3n) is 3.19. The molecule has 0 fully saturated rings. The fourth-order valence-corrected chi connectivity index (χ4v) is 2.14. The highest BCUT2D eigenvalue weighted by Crippen LogP contribution is 2.23. The molecular formula is C17H19ClN2O2. The first-order chi connectivity index (χ1) is 10.5. The fraction of sp³-hybridized carbons (Fsp3) is 0.235. The first kappa shape index (κ1) is 16.2. The number of carbonyl (C=O) groups excluding carboxylic acids is 1. The SMILES string of the molecule is CCC(Oc1cccc(C)c1)C(=O)Nc1ccc(Cl)c(N)c1. The van der Waals surface area contributed by atoms with Gasteiger partial charge in [-0.3, -0.25) is 4.79 Å². The average molecular weight is 319 g/mol. The van der Waals surface area contributed by atoms with Crippen LogP contribution in [0.15, 0.2) is 42.5 Å². The normalized spacial score (nSPS) is 11.8. The molecule has 0 aromatic heterocycles. The lowest BCUT2D eigenvalue weighted by molar-refractivity contribution is -0.122. The van der Waals surface area contributed by atoms with Crippen molar-refractivity contribution in [2.24, 2.45) is 0 Å². The van der Waals surface area contributed by atoms with Crippen LogP contribution in [0.5, 0.6) is 5.75 Å². The standard InChI is InChI=1S/C17H19ClN2O2/c1-3-16(22-13-6-4-5-11(2)9-13)17(21)20-12-7-8-14(18)15(19)10-12/h4-10,16H,3,19H2,1-2H3,(H,20,21). The second kappa shape index (κ2) is 7.18. The Labute approximate surface area is 135 Å². The monoisotopic (exact) mass is 318 g/mol. The van der Waals surface area contributed by atoms with Crippen LogP contribution in [0.2, 0.25) is 5.02 Å². The molecule has 1 unspecified atom stereocenters. The molecule has 3 N–H and O–H groups in total. The van der Waals surface area contributed by atoms with Crippen molar-refractivity contribution in [1.82, 2.24) is 0 Å². The molecule has 0 heterocycles. The third-order valence-corrected chi connectivity index (χ3v) is 3.54. The lowest BCUT2D eigenvalue weighted by atomic mass is 10.2. The maximum atomic E-state index is 12.3. The predicted octanol–water partition coefficient (Wildman–Crippen LogP) is 4.03. The number of carbonyl (C=O) groups is 1. The van der Waals surface area contributed by atoms with E-state index in [0.29, 0.717) is 28.6 Å². The molecule has 2 rings (SSSR count). The highest BCUT2D eigenvalue weighted by Gasteiger charge is 2.18. The van der Waals surface area contributed by atoms with Crippen LogP contribution < -0.4 is 15.8 Å². The molecule has 5 heteroatoms. The minimum Gasteiger partial charge on any atom is -0.481 e. The quantitative estimate of drug-likeness (QED) is 0.818. The lowest BCUT2D eigenvalue weighted by Gasteiger charge is -2.18. The Kier molecular flexibility index (Phi) is 5.28. The van der Waals surface area contributed by atoms with Gasteiger partial charge in [0, 0.05) is 5.69 Å². The molecule has 1 atom stereocenters. The molecule has 2 aromatic carbocycles. The van der Waals surface area contributed by atoms with Gasteiger partial charge in [-0.1, -0.05) is 30.7 Å². The van der Waals surface area contributed by atoms with Gasteiger partial charge in [0.15, 0.2) is 6.10 Å². The van der Waals surface area contributed by atoms with E-state index < -0.39 is 6.10 Å². The van der Waals surface area contributed by atoms with Gasteiger partial charge in [0.1, 0.15) is 5.75 Å². The van der Waals surface area contributed by atoms with Gasteiger partial charge in [0.05, 0.1) is 10.7 Å². The van der Waals surface area contributed by atoms with E-state index in [-0.39, 0.29) is 5.91 Å². The molecule has 0 saturated heterocycles. The summed E-state index contributed by atoms with van der Waals surface area (Å²) in [4.78, 5) is 12.3. The number of rotatable bonds is 5. The van der Waals surface area contributed by atoms with E-state index in [1.54, 1.807) is 18.2 Å². The van der Waals surface area contributed by atoms with Gasteiger partial charge in [-0.2, -0.15) is 0 Å². The summed E-state index contributed by atoms with van der Waals surface area (Å²) >= 11 is 5.87. The van der Waals surface area contributed by atoms with Crippen molar-refractivity contribution >= 4 is 28.9 Å². The van der Waals surface area contributed by atoms with Crippen LogP contribution in [-0.4, -0.2) is 12.0 Å². The van der Waals surface area contributed by atoms with Crippen molar-refractivity contribution in [3.8, 4) is 5.75 Å². The summed E-state index contributed by atoms with van der Waals surface area (Å²) in [6.45, 7) is 3.88. The Morgan fingerprint density at radius 3 is 2.73 bits per heavy atom. The van der Waals surface area contributed by atoms with E-state index >= 15 is 0 Å². The van der Waals surface area contributed by atoms with Crippen LogP contribution in [-0.2, 0) is 4.79 Å². The average Bonchev–Trinajstić information content (AvgIpc) is 2.48. The summed E-state index contributed by atoms with van der Waals surface area (Å²) in [5.41, 5.74) is 7.83. The van der Waals surface area contributed by atoms with Crippen molar-refractivity contribution in [2.45, 2.75) is 26.4 Å². The van der Waals surface area contributed by atoms with Crippen LogP contribution in [0.25, 0.3) is 0 Å². The molecule has 0 bridgehead atoms. The third kappa shape index (κ3) is 4.15. The van der Waals surface area contributed by atoms with Crippen LogP contribution in [0.4, 0.5) is 11.4 Å². The van der Waals surface area contributed by atoms with Crippen LogP contribution in [0.3, 0.4) is 0 Å². The summed E-state index contributed by atoms with van der Waals surface area (Å²) in [6.07, 6.45) is -0.0123. The molecule has 116 valence electrons. The van der Waals surface area contributed by atoms with Crippen molar-refractivity contribution in [2.75, 3.05) is 11.1 Å². The molecule has 4 nitrogen and oxygen atoms in total. The van der Waals surface area contributed by atoms with Gasteiger partial charge in [0.25, 0.3) is 5.91 Å². The lowest BCUT2D eigenvalue weighted by Crippen LogP contribution is -2.32. The Bertz CT molecular complexity index is 673. The summed E-state index contributed by atoms with van der Waals surface area (Å²) in [5.74, 6) is 0.461. The van der Waals surface area contributed by atoms with Gasteiger partial charge < -0.3 is 15.8 Å². The Hall–Kier alpha value is -2.20. The number of halogens is 1. The van der Waals surface area contributed by atoms with Gasteiger partial charge in [0.2, 0.25) is 0 Å². The topological polar surface area (TPSA) is 64.3 Å². The molecule has 22 heavy (non-hydrogen) atoms. The zero-order valence-electron chi connectivity index (χ0n) is 12.6. The van der Waals surface area contributed by atoms with E-state index in [2.05, 4.69) is 5.32 Å². The van der Waals surface area contributed by atoms with E-state index in [9.17, 15) is 4.79 Å². The van der Waals surface area contributed by atoms with E-state index in [1.165, 1.54) is 0 Å². The molecule has 0 aliphatic carbocycles. The molecular weight excluding hydrogens is 300 g/mol. The molecule has 0 aliphatic heterocycles. The number of anilines is 2. The number of benzene rings is 2. The Balaban J connectivity index is 2.06. The van der Waals surface area contributed by atoms with Crippen LogP contribution >= 0.6 is 11.6 Å². The van der Waals surface area contributed by atoms with Crippen LogP contribution in [0.1, 0.15) is 18.9 Å². The minimum atomic E-state index is -0.571. The number of hydrogen-bond acceptors (Lipinski definition) is 3. The first-order valence-corrected chi connectivity index (χ1v) is 7.46. The maximum Gasteiger partial charge on any atom is 0.265 e. The highest BCUT2D eigenvalue weighted by atomic mass is 35.5. The maximum absolute atomic E-state index is 12.3. The van der Waals surface area contributed by atoms with E-state index in [0.717, 1.165) is 5.56 Å². The molecule has 1 amide bonds. The van der Waals surface area contributed by atoms with Crippen LogP contribution in [0, 0.1) is 6.92 Å². The smallest absolute Gasteiger partial charge is 0.265 e. The number of aryl methyl sites for hydroxylation is 1.